The molecule has 2 aliphatic carbocycles. The molecule has 0 aliphatic heterocycles. The second kappa shape index (κ2) is 9.99. The fourth-order valence-corrected chi connectivity index (χ4v) is 5.08. The van der Waals surface area contributed by atoms with E-state index < -0.39 is 17.9 Å². The number of alkyl halides is 3. The number of unbranched alkanes of at least 4 members (excludes halogenated alkanes) is 2. The van der Waals surface area contributed by atoms with Crippen LogP contribution in [0.2, 0.25) is 0 Å². The minimum atomic E-state index is -4.88. The maximum Gasteiger partial charge on any atom is 0.573 e. The van der Waals surface area contributed by atoms with Gasteiger partial charge in [-0.05, 0) is 73.1 Å². The van der Waals surface area contributed by atoms with Gasteiger partial charge < -0.3 is 4.74 Å². The van der Waals surface area contributed by atoms with Crippen LogP contribution >= 0.6 is 0 Å². The van der Waals surface area contributed by atoms with E-state index in [0.717, 1.165) is 48.8 Å². The van der Waals surface area contributed by atoms with E-state index in [9.17, 15) is 17.6 Å². The average Bonchev–Trinajstić information content (AvgIpc) is 2.69. The molecule has 5 heteroatoms. The first kappa shape index (κ1) is 22.2. The molecule has 0 bridgehead atoms. The lowest BCUT2D eigenvalue weighted by atomic mass is 9.70. The van der Waals surface area contributed by atoms with Gasteiger partial charge in [-0.1, -0.05) is 57.6 Å². The molecule has 0 N–H and O–H groups in total. The normalized spacial score (nSPS) is 25.6. The summed E-state index contributed by atoms with van der Waals surface area (Å²) in [6, 6.07) is 3.76. The number of benzene rings is 1. The monoisotopic (exact) mass is 412 g/mol. The largest absolute Gasteiger partial charge is 0.573 e. The Morgan fingerprint density at radius 3 is 2.34 bits per heavy atom. The summed E-state index contributed by atoms with van der Waals surface area (Å²) in [6.07, 6.45) is 11.0. The number of rotatable bonds is 7. The van der Waals surface area contributed by atoms with Crippen molar-refractivity contribution in [3.63, 3.8) is 0 Å². The summed E-state index contributed by atoms with van der Waals surface area (Å²) in [6.45, 7) is 2.25. The first-order valence-electron chi connectivity index (χ1n) is 11.1. The van der Waals surface area contributed by atoms with Crippen molar-refractivity contribution in [2.45, 2.75) is 83.9 Å². The Labute approximate surface area is 171 Å². The Kier molecular flexibility index (Phi) is 7.64. The summed E-state index contributed by atoms with van der Waals surface area (Å²) >= 11 is 0. The molecule has 0 radical (unpaired) electrons. The highest BCUT2D eigenvalue weighted by molar-refractivity contribution is 5.67. The Hall–Kier alpha value is -1.52. The maximum absolute atomic E-state index is 14.0. The molecule has 1 saturated carbocycles. The molecule has 1 aromatic carbocycles. The highest BCUT2D eigenvalue weighted by Crippen LogP contribution is 2.42. The van der Waals surface area contributed by atoms with Crippen molar-refractivity contribution in [3.05, 3.63) is 35.7 Å². The molecule has 29 heavy (non-hydrogen) atoms. The fraction of sp³-hybridized carbons (Fsp3) is 0.667. The smallest absolute Gasteiger partial charge is 0.403 e. The van der Waals surface area contributed by atoms with Crippen molar-refractivity contribution in [3.8, 4) is 5.75 Å². The molecular weight excluding hydrogens is 380 g/mol. The second-order valence-corrected chi connectivity index (χ2v) is 8.73. The van der Waals surface area contributed by atoms with Crippen LogP contribution in [0.25, 0.3) is 5.57 Å². The van der Waals surface area contributed by atoms with Gasteiger partial charge in [0.25, 0.3) is 0 Å². The molecule has 1 nitrogen and oxygen atoms in total. The van der Waals surface area contributed by atoms with Gasteiger partial charge in [0.05, 0.1) is 0 Å². The predicted octanol–water partition coefficient (Wildman–Crippen LogP) is 8.29. The van der Waals surface area contributed by atoms with E-state index in [2.05, 4.69) is 17.7 Å². The van der Waals surface area contributed by atoms with Crippen molar-refractivity contribution >= 4 is 5.57 Å². The average molecular weight is 413 g/mol. The van der Waals surface area contributed by atoms with E-state index in [4.69, 9.17) is 0 Å². The summed E-state index contributed by atoms with van der Waals surface area (Å²) in [5.74, 6) is 0.644. The van der Waals surface area contributed by atoms with E-state index >= 15 is 0 Å². The van der Waals surface area contributed by atoms with Gasteiger partial charge in [-0.25, -0.2) is 4.39 Å². The van der Waals surface area contributed by atoms with Crippen LogP contribution in [0.5, 0.6) is 5.75 Å². The second-order valence-electron chi connectivity index (χ2n) is 8.73. The molecule has 2 aliphatic rings. The first-order valence-corrected chi connectivity index (χ1v) is 11.1. The van der Waals surface area contributed by atoms with Gasteiger partial charge in [0.1, 0.15) is 0 Å². The Bertz CT molecular complexity index is 687. The van der Waals surface area contributed by atoms with Gasteiger partial charge in [0, 0.05) is 0 Å². The molecule has 0 spiro atoms. The van der Waals surface area contributed by atoms with Crippen LogP contribution in [-0.2, 0) is 0 Å². The summed E-state index contributed by atoms with van der Waals surface area (Å²) in [5, 5.41) is 0. The van der Waals surface area contributed by atoms with Gasteiger partial charge in [-0.3, -0.25) is 0 Å². The molecule has 1 fully saturated rings. The summed E-state index contributed by atoms with van der Waals surface area (Å²) in [5.41, 5.74) is 1.70. The lowest BCUT2D eigenvalue weighted by molar-refractivity contribution is -0.275. The lowest BCUT2D eigenvalue weighted by Crippen LogP contribution is -2.23. The quantitative estimate of drug-likeness (QED) is 0.323. The number of hydrogen-bond donors (Lipinski definition) is 0. The predicted molar refractivity (Wildman–Crippen MR) is 108 cm³/mol. The molecular formula is C24H32F4O. The van der Waals surface area contributed by atoms with Crippen LogP contribution in [0.3, 0.4) is 0 Å². The lowest BCUT2D eigenvalue weighted by Gasteiger charge is -2.35. The van der Waals surface area contributed by atoms with Gasteiger partial charge in [-0.2, -0.15) is 0 Å². The van der Waals surface area contributed by atoms with Gasteiger partial charge in [-0.15, -0.1) is 13.2 Å². The van der Waals surface area contributed by atoms with Crippen molar-refractivity contribution < 1.29 is 22.3 Å². The maximum atomic E-state index is 14.0. The SMILES string of the molecule is CCCCCC1CCC(C2CC=C(c3ccc(OC(F)(F)F)c(F)c3)CC2)CC1. The van der Waals surface area contributed by atoms with Crippen LogP contribution < -0.4 is 4.74 Å². The number of hydrogen-bond acceptors (Lipinski definition) is 1. The molecule has 0 amide bonds. The highest BCUT2D eigenvalue weighted by Gasteiger charge is 2.33. The molecule has 1 aromatic rings. The Morgan fingerprint density at radius 2 is 1.76 bits per heavy atom. The molecule has 0 heterocycles. The van der Waals surface area contributed by atoms with Crippen LogP contribution in [0.4, 0.5) is 17.6 Å². The standard InChI is InChI=1S/C24H32F4O/c1-2-3-4-5-17-6-8-18(9-7-17)19-10-12-20(13-11-19)21-14-15-23(22(25)16-21)29-24(26,27)28/h12,14-19H,2-11,13H2,1H3. The van der Waals surface area contributed by atoms with Crippen LogP contribution in [0, 0.1) is 23.6 Å². The molecule has 0 aromatic heterocycles. The van der Waals surface area contributed by atoms with E-state index in [1.54, 1.807) is 0 Å². The first-order chi connectivity index (χ1) is 13.9. The van der Waals surface area contributed by atoms with Crippen LogP contribution in [-0.4, -0.2) is 6.36 Å². The summed E-state index contributed by atoms with van der Waals surface area (Å²) in [7, 11) is 0. The summed E-state index contributed by atoms with van der Waals surface area (Å²) in [4.78, 5) is 0. The van der Waals surface area contributed by atoms with Crippen LogP contribution in [0.1, 0.15) is 83.1 Å². The Morgan fingerprint density at radius 1 is 1.00 bits per heavy atom. The zero-order chi connectivity index (χ0) is 20.9. The highest BCUT2D eigenvalue weighted by atomic mass is 19.4. The third-order valence-electron chi connectivity index (χ3n) is 6.75. The van der Waals surface area contributed by atoms with Gasteiger partial charge in [0.2, 0.25) is 0 Å². The molecule has 0 saturated heterocycles. The Balaban J connectivity index is 1.51. The van der Waals surface area contributed by atoms with Crippen molar-refractivity contribution in [2.24, 2.45) is 17.8 Å². The van der Waals surface area contributed by atoms with Crippen molar-refractivity contribution in [1.29, 1.82) is 0 Å². The van der Waals surface area contributed by atoms with E-state index in [0.29, 0.717) is 11.5 Å². The third kappa shape index (κ3) is 6.48. The van der Waals surface area contributed by atoms with E-state index in [1.807, 2.05) is 0 Å². The molecule has 1 atom stereocenters. The number of allylic oxidation sites excluding steroid dienone is 2. The zero-order valence-electron chi connectivity index (χ0n) is 17.2. The zero-order valence-corrected chi connectivity index (χ0v) is 17.2. The topological polar surface area (TPSA) is 9.23 Å². The summed E-state index contributed by atoms with van der Waals surface area (Å²) < 4.78 is 54.6. The fourth-order valence-electron chi connectivity index (χ4n) is 5.08. The van der Waals surface area contributed by atoms with E-state index in [-0.39, 0.29) is 0 Å². The van der Waals surface area contributed by atoms with Crippen molar-refractivity contribution in [1.82, 2.24) is 0 Å². The molecule has 1 unspecified atom stereocenters. The van der Waals surface area contributed by atoms with Crippen molar-refractivity contribution in [2.75, 3.05) is 0 Å². The number of ether oxygens (including phenoxy) is 1. The molecule has 162 valence electrons. The third-order valence-corrected chi connectivity index (χ3v) is 6.75. The minimum Gasteiger partial charge on any atom is -0.403 e. The van der Waals surface area contributed by atoms with Crippen LogP contribution in [0.15, 0.2) is 24.3 Å². The van der Waals surface area contributed by atoms with E-state index in [1.165, 1.54) is 57.4 Å². The molecule has 3 rings (SSSR count). The van der Waals surface area contributed by atoms with Gasteiger partial charge in [0.15, 0.2) is 11.6 Å². The van der Waals surface area contributed by atoms with Gasteiger partial charge >= 0.3 is 6.36 Å². The number of halogens is 4. The minimum absolute atomic E-state index is 0.662.